The number of ether oxygens (including phenoxy) is 2. The third kappa shape index (κ3) is 4.69. The van der Waals surface area contributed by atoms with Gasteiger partial charge in [0, 0.05) is 25.0 Å². The third-order valence-corrected chi connectivity index (χ3v) is 6.09. The van der Waals surface area contributed by atoms with Gasteiger partial charge in [0.2, 0.25) is 0 Å². The Balaban J connectivity index is 1.76. The molecule has 0 spiro atoms. The van der Waals surface area contributed by atoms with Crippen LogP contribution in [0, 0.1) is 0 Å². The van der Waals surface area contributed by atoms with Crippen molar-refractivity contribution >= 4 is 5.97 Å². The summed E-state index contributed by atoms with van der Waals surface area (Å²) < 4.78 is 12.0. The molecule has 1 fully saturated rings. The van der Waals surface area contributed by atoms with Crippen molar-refractivity contribution in [2.75, 3.05) is 40.0 Å². The van der Waals surface area contributed by atoms with E-state index in [9.17, 15) is 9.90 Å². The molecular formula is C24H31NO4. The minimum absolute atomic E-state index is 0.190. The van der Waals surface area contributed by atoms with Gasteiger partial charge in [-0.2, -0.15) is 0 Å². The Kier molecular flexibility index (Phi) is 7.06. The van der Waals surface area contributed by atoms with Gasteiger partial charge >= 0.3 is 5.97 Å². The fraction of sp³-hybridized carbons (Fsp3) is 0.458. The molecule has 2 aromatic rings. The van der Waals surface area contributed by atoms with Crippen LogP contribution in [0.4, 0.5) is 0 Å². The summed E-state index contributed by atoms with van der Waals surface area (Å²) in [6.07, 6.45) is 2.07. The number of likely N-dealkylation sites (N-methyl/N-ethyl adjacent to an activating group) is 1. The van der Waals surface area contributed by atoms with E-state index in [0.29, 0.717) is 24.3 Å². The molecule has 5 heteroatoms. The number of rotatable bonds is 9. The zero-order chi connectivity index (χ0) is 20.7. The van der Waals surface area contributed by atoms with Gasteiger partial charge in [0.15, 0.2) is 0 Å². The zero-order valence-corrected chi connectivity index (χ0v) is 17.4. The summed E-state index contributed by atoms with van der Waals surface area (Å²) in [4.78, 5) is 13.1. The molecule has 0 amide bonds. The molecular weight excluding hydrogens is 366 g/mol. The summed E-state index contributed by atoms with van der Waals surface area (Å²) in [5.74, 6) is -0.738. The number of esters is 1. The molecule has 0 radical (unpaired) electrons. The van der Waals surface area contributed by atoms with Crippen molar-refractivity contribution in [2.45, 2.75) is 31.4 Å². The fourth-order valence-electron chi connectivity index (χ4n) is 4.18. The normalized spacial score (nSPS) is 21.8. The van der Waals surface area contributed by atoms with Crippen LogP contribution < -0.4 is 5.11 Å². The highest BCUT2D eigenvalue weighted by Crippen LogP contribution is 2.30. The van der Waals surface area contributed by atoms with Crippen LogP contribution in [-0.4, -0.2) is 56.5 Å². The van der Waals surface area contributed by atoms with Crippen LogP contribution in [0.25, 0.3) is 0 Å². The monoisotopic (exact) mass is 397 g/mol. The first kappa shape index (κ1) is 21.5. The Morgan fingerprint density at radius 3 is 2.24 bits per heavy atom. The summed E-state index contributed by atoms with van der Waals surface area (Å²) in [7, 11) is 2.18. The molecule has 0 bridgehead atoms. The number of carbonyl (C=O) groups is 1. The highest BCUT2D eigenvalue weighted by Gasteiger charge is 2.40. The number of benzene rings is 2. The smallest absolute Gasteiger partial charge is 0.304 e. The van der Waals surface area contributed by atoms with Gasteiger partial charge in [-0.3, -0.25) is 4.79 Å². The molecule has 1 unspecified atom stereocenters. The highest BCUT2D eigenvalue weighted by molar-refractivity contribution is 5.85. The second kappa shape index (κ2) is 9.53. The molecule has 156 valence electrons. The maximum Gasteiger partial charge on any atom is 0.304 e. The molecule has 0 aromatic heterocycles. The van der Waals surface area contributed by atoms with Crippen molar-refractivity contribution in [3.63, 3.8) is 0 Å². The Hall–Kier alpha value is -2.21. The summed E-state index contributed by atoms with van der Waals surface area (Å²) in [6.45, 7) is 5.56. The molecule has 0 N–H and O–H groups in total. The summed E-state index contributed by atoms with van der Waals surface area (Å²) >= 11 is 0. The molecule has 5 nitrogen and oxygen atoms in total. The van der Waals surface area contributed by atoms with Crippen molar-refractivity contribution < 1.29 is 23.9 Å². The maximum absolute atomic E-state index is 13.9. The number of hydrogen-bond donors (Lipinski definition) is 0. The topological polar surface area (TPSA) is 58.6 Å². The number of nitrogens with zero attached hydrogens (tertiary/aromatic N) is 1. The standard InChI is InChI=1S/C24H31NO4/c1-3-28-18-17-25(2)16-10-15-22(25)19-29-23(26)24(27,20-11-6-4-7-12-20)21-13-8-5-9-14-21/h4-9,11-14,22H,3,10,15-19H2,1-2H3/t22-,25?/m0/s1. The lowest BCUT2D eigenvalue weighted by molar-refractivity contribution is -0.921. The lowest BCUT2D eigenvalue weighted by Gasteiger charge is -2.40. The van der Waals surface area contributed by atoms with Gasteiger partial charge in [-0.1, -0.05) is 60.7 Å². The maximum atomic E-state index is 13.9. The minimum Gasteiger partial charge on any atom is -0.834 e. The lowest BCUT2D eigenvalue weighted by atomic mass is 9.86. The molecule has 1 saturated heterocycles. The molecule has 3 rings (SSSR count). The van der Waals surface area contributed by atoms with Gasteiger partial charge in [-0.15, -0.1) is 0 Å². The van der Waals surface area contributed by atoms with Crippen LogP contribution in [0.5, 0.6) is 0 Å². The van der Waals surface area contributed by atoms with Crippen LogP contribution in [0.3, 0.4) is 0 Å². The average Bonchev–Trinajstić information content (AvgIpc) is 3.13. The van der Waals surface area contributed by atoms with Gasteiger partial charge in [0.25, 0.3) is 0 Å². The fourth-order valence-corrected chi connectivity index (χ4v) is 4.18. The van der Waals surface area contributed by atoms with Gasteiger partial charge in [0.1, 0.15) is 19.2 Å². The van der Waals surface area contributed by atoms with Crippen molar-refractivity contribution in [2.24, 2.45) is 0 Å². The Labute approximate surface area is 173 Å². The molecule has 29 heavy (non-hydrogen) atoms. The molecule has 2 atom stereocenters. The molecule has 2 aromatic carbocycles. The lowest BCUT2D eigenvalue weighted by Crippen LogP contribution is -2.54. The first-order valence-electron chi connectivity index (χ1n) is 10.4. The summed E-state index contributed by atoms with van der Waals surface area (Å²) in [5, 5.41) is 13.9. The van der Waals surface area contributed by atoms with E-state index in [2.05, 4.69) is 7.05 Å². The minimum atomic E-state index is -2.07. The highest BCUT2D eigenvalue weighted by atomic mass is 16.6. The summed E-state index contributed by atoms with van der Waals surface area (Å²) in [5.41, 5.74) is -1.28. The Bertz CT molecular complexity index is 740. The zero-order valence-electron chi connectivity index (χ0n) is 17.4. The van der Waals surface area contributed by atoms with Crippen LogP contribution in [0.2, 0.25) is 0 Å². The van der Waals surface area contributed by atoms with Gasteiger partial charge in [-0.05, 0) is 18.1 Å². The quantitative estimate of drug-likeness (QED) is 0.371. The summed E-state index contributed by atoms with van der Waals surface area (Å²) in [6, 6.07) is 17.7. The van der Waals surface area contributed by atoms with Crippen molar-refractivity contribution in [1.29, 1.82) is 0 Å². The van der Waals surface area contributed by atoms with Crippen LogP contribution >= 0.6 is 0 Å². The van der Waals surface area contributed by atoms with E-state index in [-0.39, 0.29) is 12.6 Å². The predicted octanol–water partition coefficient (Wildman–Crippen LogP) is 2.48. The van der Waals surface area contributed by atoms with E-state index in [1.165, 1.54) is 0 Å². The van der Waals surface area contributed by atoms with Crippen molar-refractivity contribution in [3.05, 3.63) is 71.8 Å². The van der Waals surface area contributed by atoms with E-state index in [4.69, 9.17) is 9.47 Å². The van der Waals surface area contributed by atoms with Crippen LogP contribution in [0.1, 0.15) is 30.9 Å². The first-order valence-corrected chi connectivity index (χ1v) is 10.4. The van der Waals surface area contributed by atoms with E-state index in [1.807, 2.05) is 19.1 Å². The largest absolute Gasteiger partial charge is 0.834 e. The van der Waals surface area contributed by atoms with Crippen molar-refractivity contribution in [3.8, 4) is 0 Å². The van der Waals surface area contributed by atoms with Crippen LogP contribution in [0.15, 0.2) is 60.7 Å². The predicted molar refractivity (Wildman–Crippen MR) is 110 cm³/mol. The molecule has 1 aliphatic heterocycles. The van der Waals surface area contributed by atoms with E-state index >= 15 is 0 Å². The Morgan fingerprint density at radius 2 is 1.69 bits per heavy atom. The van der Waals surface area contributed by atoms with E-state index < -0.39 is 11.6 Å². The van der Waals surface area contributed by atoms with Crippen LogP contribution in [-0.2, 0) is 19.9 Å². The molecule has 1 heterocycles. The molecule has 0 saturated carbocycles. The van der Waals surface area contributed by atoms with E-state index in [0.717, 1.165) is 30.4 Å². The van der Waals surface area contributed by atoms with Gasteiger partial charge in [-0.25, -0.2) is 0 Å². The second-order valence-corrected chi connectivity index (χ2v) is 7.93. The molecule has 0 aliphatic carbocycles. The van der Waals surface area contributed by atoms with Gasteiger partial charge in [0.05, 0.1) is 20.2 Å². The van der Waals surface area contributed by atoms with Gasteiger partial charge < -0.3 is 19.1 Å². The van der Waals surface area contributed by atoms with E-state index in [1.54, 1.807) is 48.5 Å². The first-order chi connectivity index (χ1) is 14.0. The number of quaternary nitrogens is 1. The second-order valence-electron chi connectivity index (χ2n) is 7.93. The van der Waals surface area contributed by atoms with Crippen molar-refractivity contribution in [1.82, 2.24) is 0 Å². The molecule has 1 aliphatic rings. The SMILES string of the molecule is CCOCC[N+]1(C)CCC[C@H]1COC(=O)C([O-])(c1ccccc1)c1ccccc1. The number of hydrogen-bond acceptors (Lipinski definition) is 4. The number of carbonyl (C=O) groups excluding carboxylic acids is 1. The number of likely N-dealkylation sites (tertiary alicyclic amines) is 1. The third-order valence-electron chi connectivity index (χ3n) is 6.09. The average molecular weight is 398 g/mol. The Morgan fingerprint density at radius 1 is 1.10 bits per heavy atom.